The molecule has 0 amide bonds. The number of aliphatic hydroxyl groups excluding tert-OH is 1. The number of hydrogen-bond donors (Lipinski definition) is 1. The SMILES string of the molecule is CCN1CCC(O)C(Cc2ccc(N(CC)CC)cc2)C1. The third kappa shape index (κ3) is 4.21. The molecule has 1 N–H and O–H groups in total. The minimum atomic E-state index is -0.143. The molecule has 1 heterocycles. The fraction of sp³-hybridized carbons (Fsp3) is 0.667. The van der Waals surface area contributed by atoms with Gasteiger partial charge in [0.05, 0.1) is 6.10 Å². The summed E-state index contributed by atoms with van der Waals surface area (Å²) < 4.78 is 0. The van der Waals surface area contributed by atoms with E-state index in [0.29, 0.717) is 5.92 Å². The second-order valence-electron chi connectivity index (χ2n) is 6.05. The molecule has 0 spiro atoms. The van der Waals surface area contributed by atoms with Gasteiger partial charge in [0.15, 0.2) is 0 Å². The molecule has 0 aromatic heterocycles. The number of likely N-dealkylation sites (tertiary alicyclic amines) is 1. The number of piperidine rings is 1. The maximum atomic E-state index is 10.2. The van der Waals surface area contributed by atoms with Gasteiger partial charge in [0, 0.05) is 37.8 Å². The summed E-state index contributed by atoms with van der Waals surface area (Å²) >= 11 is 0. The third-order valence-corrected chi connectivity index (χ3v) is 4.79. The fourth-order valence-electron chi connectivity index (χ4n) is 3.32. The quantitative estimate of drug-likeness (QED) is 0.873. The lowest BCUT2D eigenvalue weighted by Crippen LogP contribution is -2.43. The van der Waals surface area contributed by atoms with Crippen LogP contribution in [-0.2, 0) is 6.42 Å². The van der Waals surface area contributed by atoms with Crippen LogP contribution < -0.4 is 4.90 Å². The van der Waals surface area contributed by atoms with Gasteiger partial charge in [0.25, 0.3) is 0 Å². The number of rotatable bonds is 6. The van der Waals surface area contributed by atoms with Crippen LogP contribution in [0.1, 0.15) is 32.8 Å². The zero-order chi connectivity index (χ0) is 15.2. The molecule has 0 bridgehead atoms. The lowest BCUT2D eigenvalue weighted by atomic mass is 9.88. The van der Waals surface area contributed by atoms with E-state index in [1.165, 1.54) is 11.3 Å². The van der Waals surface area contributed by atoms with Crippen molar-refractivity contribution >= 4 is 5.69 Å². The van der Waals surface area contributed by atoms with E-state index in [2.05, 4.69) is 54.8 Å². The molecule has 2 rings (SSSR count). The van der Waals surface area contributed by atoms with Gasteiger partial charge in [-0.2, -0.15) is 0 Å². The molecular formula is C18H30N2O. The van der Waals surface area contributed by atoms with Gasteiger partial charge in [-0.25, -0.2) is 0 Å². The van der Waals surface area contributed by atoms with Crippen LogP contribution in [0.5, 0.6) is 0 Å². The van der Waals surface area contributed by atoms with Gasteiger partial charge in [0.1, 0.15) is 0 Å². The molecule has 21 heavy (non-hydrogen) atoms. The molecule has 3 nitrogen and oxygen atoms in total. The molecule has 2 unspecified atom stereocenters. The van der Waals surface area contributed by atoms with E-state index in [0.717, 1.165) is 45.6 Å². The Hall–Kier alpha value is -1.06. The molecule has 1 saturated heterocycles. The highest BCUT2D eigenvalue weighted by atomic mass is 16.3. The van der Waals surface area contributed by atoms with Crippen molar-refractivity contribution in [3.05, 3.63) is 29.8 Å². The van der Waals surface area contributed by atoms with E-state index in [4.69, 9.17) is 0 Å². The highest BCUT2D eigenvalue weighted by molar-refractivity contribution is 5.47. The Morgan fingerprint density at radius 3 is 2.38 bits per heavy atom. The maximum Gasteiger partial charge on any atom is 0.0596 e. The predicted octanol–water partition coefficient (Wildman–Crippen LogP) is 2.78. The summed E-state index contributed by atoms with van der Waals surface area (Å²) in [6, 6.07) is 8.89. The highest BCUT2D eigenvalue weighted by Crippen LogP contribution is 2.23. The van der Waals surface area contributed by atoms with Crippen molar-refractivity contribution in [2.24, 2.45) is 5.92 Å². The molecule has 0 aliphatic carbocycles. The first-order valence-corrected chi connectivity index (χ1v) is 8.42. The van der Waals surface area contributed by atoms with Gasteiger partial charge in [-0.3, -0.25) is 0 Å². The number of benzene rings is 1. The first-order chi connectivity index (χ1) is 10.2. The summed E-state index contributed by atoms with van der Waals surface area (Å²) in [5, 5.41) is 10.2. The van der Waals surface area contributed by atoms with E-state index in [9.17, 15) is 5.11 Å². The van der Waals surface area contributed by atoms with Gasteiger partial charge in [-0.05, 0) is 50.9 Å². The molecular weight excluding hydrogens is 260 g/mol. The summed E-state index contributed by atoms with van der Waals surface area (Å²) in [4.78, 5) is 4.81. The third-order valence-electron chi connectivity index (χ3n) is 4.79. The van der Waals surface area contributed by atoms with Crippen molar-refractivity contribution in [1.29, 1.82) is 0 Å². The number of anilines is 1. The van der Waals surface area contributed by atoms with Crippen LogP contribution in [0.15, 0.2) is 24.3 Å². The van der Waals surface area contributed by atoms with Gasteiger partial charge in [-0.15, -0.1) is 0 Å². The molecule has 0 saturated carbocycles. The van der Waals surface area contributed by atoms with E-state index in [-0.39, 0.29) is 6.10 Å². The molecule has 3 heteroatoms. The second kappa shape index (κ2) is 7.81. The van der Waals surface area contributed by atoms with Gasteiger partial charge >= 0.3 is 0 Å². The van der Waals surface area contributed by atoms with Crippen LogP contribution >= 0.6 is 0 Å². The Bertz CT molecular complexity index is 414. The van der Waals surface area contributed by atoms with Crippen LogP contribution in [0.4, 0.5) is 5.69 Å². The first-order valence-electron chi connectivity index (χ1n) is 8.42. The molecule has 1 aromatic carbocycles. The summed E-state index contributed by atoms with van der Waals surface area (Å²) in [5.41, 5.74) is 2.64. The normalized spacial score (nSPS) is 23.2. The van der Waals surface area contributed by atoms with Crippen molar-refractivity contribution in [1.82, 2.24) is 4.90 Å². The summed E-state index contributed by atoms with van der Waals surface area (Å²) in [5.74, 6) is 0.373. The van der Waals surface area contributed by atoms with E-state index in [1.807, 2.05) is 0 Å². The van der Waals surface area contributed by atoms with Gasteiger partial charge in [0.2, 0.25) is 0 Å². The minimum absolute atomic E-state index is 0.143. The minimum Gasteiger partial charge on any atom is -0.393 e. The summed E-state index contributed by atoms with van der Waals surface area (Å²) in [7, 11) is 0. The Kier molecular flexibility index (Phi) is 6.07. The predicted molar refractivity (Wildman–Crippen MR) is 89.9 cm³/mol. The summed E-state index contributed by atoms with van der Waals surface area (Å²) in [6.07, 6.45) is 1.75. The lowest BCUT2D eigenvalue weighted by Gasteiger charge is -2.35. The molecule has 1 aliphatic rings. The van der Waals surface area contributed by atoms with E-state index < -0.39 is 0 Å². The standard InChI is InChI=1S/C18H30N2O/c1-4-19-12-11-18(21)16(14-19)13-15-7-9-17(10-8-15)20(5-2)6-3/h7-10,16,18,21H,4-6,11-14H2,1-3H3. The van der Waals surface area contributed by atoms with Crippen LogP contribution in [0.25, 0.3) is 0 Å². The van der Waals surface area contributed by atoms with Crippen LogP contribution in [0, 0.1) is 5.92 Å². The van der Waals surface area contributed by atoms with E-state index >= 15 is 0 Å². The average Bonchev–Trinajstić information content (AvgIpc) is 2.52. The molecule has 118 valence electrons. The Labute approximate surface area is 129 Å². The van der Waals surface area contributed by atoms with E-state index in [1.54, 1.807) is 0 Å². The second-order valence-corrected chi connectivity index (χ2v) is 6.05. The topological polar surface area (TPSA) is 26.7 Å². The number of hydrogen-bond acceptors (Lipinski definition) is 3. The Morgan fingerprint density at radius 1 is 1.14 bits per heavy atom. The van der Waals surface area contributed by atoms with Crippen molar-refractivity contribution in [3.8, 4) is 0 Å². The largest absolute Gasteiger partial charge is 0.393 e. The summed E-state index contributed by atoms with van der Waals surface area (Å²) in [6.45, 7) is 11.8. The van der Waals surface area contributed by atoms with Crippen molar-refractivity contribution in [3.63, 3.8) is 0 Å². The van der Waals surface area contributed by atoms with Crippen LogP contribution in [0.2, 0.25) is 0 Å². The van der Waals surface area contributed by atoms with Gasteiger partial charge < -0.3 is 14.9 Å². The average molecular weight is 290 g/mol. The fourth-order valence-corrected chi connectivity index (χ4v) is 3.32. The first kappa shape index (κ1) is 16.3. The van der Waals surface area contributed by atoms with Crippen molar-refractivity contribution in [2.75, 3.05) is 37.6 Å². The molecule has 0 radical (unpaired) electrons. The monoisotopic (exact) mass is 290 g/mol. The van der Waals surface area contributed by atoms with Crippen LogP contribution in [0.3, 0.4) is 0 Å². The molecule has 1 aromatic rings. The molecule has 1 aliphatic heterocycles. The zero-order valence-corrected chi connectivity index (χ0v) is 13.8. The number of aliphatic hydroxyl groups is 1. The van der Waals surface area contributed by atoms with Crippen molar-refractivity contribution in [2.45, 2.75) is 39.7 Å². The Balaban J connectivity index is 1.99. The van der Waals surface area contributed by atoms with Crippen molar-refractivity contribution < 1.29 is 5.11 Å². The zero-order valence-electron chi connectivity index (χ0n) is 13.8. The highest BCUT2D eigenvalue weighted by Gasteiger charge is 2.26. The van der Waals surface area contributed by atoms with Gasteiger partial charge in [-0.1, -0.05) is 19.1 Å². The number of nitrogens with zero attached hydrogens (tertiary/aromatic N) is 2. The molecule has 2 atom stereocenters. The van der Waals surface area contributed by atoms with Crippen LogP contribution in [-0.4, -0.2) is 48.8 Å². The Morgan fingerprint density at radius 2 is 1.81 bits per heavy atom. The maximum absolute atomic E-state index is 10.2. The smallest absolute Gasteiger partial charge is 0.0596 e. The molecule has 1 fully saturated rings. The lowest BCUT2D eigenvalue weighted by molar-refractivity contribution is 0.0290.